The quantitative estimate of drug-likeness (QED) is 0.429. The summed E-state index contributed by atoms with van der Waals surface area (Å²) in [6.07, 6.45) is 2.35. The monoisotopic (exact) mass is 444 g/mol. The van der Waals surface area contributed by atoms with Crippen molar-refractivity contribution in [1.29, 1.82) is 0 Å². The summed E-state index contributed by atoms with van der Waals surface area (Å²) in [7, 11) is 9.33. The Hall–Kier alpha value is -3.55. The van der Waals surface area contributed by atoms with E-state index >= 15 is 0 Å². The molecule has 3 rings (SSSR count). The highest BCUT2D eigenvalue weighted by atomic mass is 16.5. The van der Waals surface area contributed by atoms with Gasteiger partial charge in [0.05, 0.1) is 49.3 Å². The normalized spacial score (nSPS) is 16.5. The second-order valence-electron chi connectivity index (χ2n) is 7.09. The van der Waals surface area contributed by atoms with Crippen LogP contribution in [-0.4, -0.2) is 55.2 Å². The molecule has 0 unspecified atom stereocenters. The van der Waals surface area contributed by atoms with Gasteiger partial charge in [0.25, 0.3) is 0 Å². The van der Waals surface area contributed by atoms with Gasteiger partial charge < -0.3 is 33.2 Å². The molecule has 0 radical (unpaired) electrons. The highest BCUT2D eigenvalue weighted by Crippen LogP contribution is 2.41. The predicted octanol–water partition coefficient (Wildman–Crippen LogP) is 3.54. The molecule has 1 heterocycles. The zero-order valence-electron chi connectivity index (χ0n) is 19.1. The molecule has 172 valence electrons. The van der Waals surface area contributed by atoms with Crippen molar-refractivity contribution in [3.63, 3.8) is 0 Å². The molecule has 0 N–H and O–H groups in total. The van der Waals surface area contributed by atoms with Crippen LogP contribution in [0.5, 0.6) is 34.5 Å². The minimum atomic E-state index is -0.351. The molecule has 1 atom stereocenters. The number of ether oxygens (including phenoxy) is 7. The fraction of sp³-hybridized carbons (Fsp3) is 0.375. The van der Waals surface area contributed by atoms with E-state index in [2.05, 4.69) is 0 Å². The second kappa shape index (κ2) is 10.2. The zero-order valence-corrected chi connectivity index (χ0v) is 19.1. The number of cyclic esters (lactones) is 1. The van der Waals surface area contributed by atoms with Crippen molar-refractivity contribution in [2.45, 2.75) is 6.42 Å². The molecule has 0 saturated carbocycles. The van der Waals surface area contributed by atoms with Crippen LogP contribution in [0.3, 0.4) is 0 Å². The Morgan fingerprint density at radius 1 is 0.781 bits per heavy atom. The van der Waals surface area contributed by atoms with Crippen LogP contribution >= 0.6 is 0 Å². The summed E-state index contributed by atoms with van der Waals surface area (Å²) in [6.45, 7) is 0.283. The van der Waals surface area contributed by atoms with Crippen LogP contribution in [0.25, 0.3) is 6.08 Å². The Bertz CT molecular complexity index is 961. The lowest BCUT2D eigenvalue weighted by atomic mass is 9.92. The Labute approximate surface area is 187 Å². The van der Waals surface area contributed by atoms with E-state index in [1.807, 2.05) is 12.1 Å². The largest absolute Gasteiger partial charge is 0.493 e. The average molecular weight is 444 g/mol. The van der Waals surface area contributed by atoms with Gasteiger partial charge in [0.1, 0.15) is 0 Å². The van der Waals surface area contributed by atoms with E-state index < -0.39 is 0 Å². The van der Waals surface area contributed by atoms with Crippen molar-refractivity contribution >= 4 is 12.0 Å². The Kier molecular flexibility index (Phi) is 7.35. The van der Waals surface area contributed by atoms with Crippen molar-refractivity contribution in [2.24, 2.45) is 5.92 Å². The summed E-state index contributed by atoms with van der Waals surface area (Å²) >= 11 is 0. The van der Waals surface area contributed by atoms with Crippen molar-refractivity contribution in [3.8, 4) is 34.5 Å². The van der Waals surface area contributed by atoms with Crippen LogP contribution in [0.15, 0.2) is 29.8 Å². The van der Waals surface area contributed by atoms with Crippen LogP contribution in [0.4, 0.5) is 0 Å². The zero-order chi connectivity index (χ0) is 23.3. The number of rotatable bonds is 9. The number of hydrogen-bond donors (Lipinski definition) is 0. The third-order valence-electron chi connectivity index (χ3n) is 5.31. The van der Waals surface area contributed by atoms with Gasteiger partial charge in [-0.25, -0.2) is 4.79 Å². The number of carbonyl (C=O) groups excluding carboxylic acids is 1. The maximum Gasteiger partial charge on any atom is 0.334 e. The third kappa shape index (κ3) is 4.54. The molecule has 1 aliphatic heterocycles. The summed E-state index contributed by atoms with van der Waals surface area (Å²) in [6, 6.07) is 7.33. The minimum absolute atomic E-state index is 0.149. The maximum absolute atomic E-state index is 12.5. The first-order valence-electron chi connectivity index (χ1n) is 9.97. The highest BCUT2D eigenvalue weighted by molar-refractivity contribution is 5.96. The first kappa shape index (κ1) is 23.1. The molecule has 8 nitrogen and oxygen atoms in total. The molecule has 0 bridgehead atoms. The van der Waals surface area contributed by atoms with Crippen LogP contribution in [0.1, 0.15) is 11.1 Å². The van der Waals surface area contributed by atoms with Gasteiger partial charge in [-0.2, -0.15) is 0 Å². The first-order chi connectivity index (χ1) is 15.5. The lowest BCUT2D eigenvalue weighted by molar-refractivity contribution is -0.135. The summed E-state index contributed by atoms with van der Waals surface area (Å²) in [4.78, 5) is 12.5. The van der Waals surface area contributed by atoms with E-state index in [1.165, 1.54) is 0 Å². The first-order valence-corrected chi connectivity index (χ1v) is 9.97. The molecule has 0 aromatic heterocycles. The van der Waals surface area contributed by atoms with Gasteiger partial charge >= 0.3 is 5.97 Å². The SMILES string of the molecule is COc1cc(C=C2C(=O)OC[C@@H]2Cc2cc(OC)c(OC)c(OC)c2)cc(OC)c1OC. The molecule has 8 heteroatoms. The van der Waals surface area contributed by atoms with E-state index in [4.69, 9.17) is 33.2 Å². The number of esters is 1. The molecular formula is C24H28O8. The molecule has 1 fully saturated rings. The number of benzene rings is 2. The topological polar surface area (TPSA) is 81.7 Å². The van der Waals surface area contributed by atoms with Crippen molar-refractivity contribution in [3.05, 3.63) is 41.0 Å². The van der Waals surface area contributed by atoms with Gasteiger partial charge in [-0.3, -0.25) is 0 Å². The predicted molar refractivity (Wildman–Crippen MR) is 118 cm³/mol. The molecular weight excluding hydrogens is 416 g/mol. The van der Waals surface area contributed by atoms with E-state index in [9.17, 15) is 4.79 Å². The molecule has 1 saturated heterocycles. The molecule has 2 aromatic carbocycles. The number of hydrogen-bond acceptors (Lipinski definition) is 8. The Balaban J connectivity index is 1.97. The van der Waals surface area contributed by atoms with Crippen molar-refractivity contribution in [2.75, 3.05) is 49.3 Å². The average Bonchev–Trinajstić information content (AvgIpc) is 3.16. The molecule has 32 heavy (non-hydrogen) atoms. The van der Waals surface area contributed by atoms with Gasteiger partial charge in [-0.1, -0.05) is 0 Å². The lowest BCUT2D eigenvalue weighted by Gasteiger charge is -2.16. The van der Waals surface area contributed by atoms with Crippen LogP contribution in [0, 0.1) is 5.92 Å². The maximum atomic E-state index is 12.5. The molecule has 0 spiro atoms. The lowest BCUT2D eigenvalue weighted by Crippen LogP contribution is -2.08. The fourth-order valence-corrected chi connectivity index (χ4v) is 3.76. The number of carbonyl (C=O) groups is 1. The van der Waals surface area contributed by atoms with Crippen molar-refractivity contribution in [1.82, 2.24) is 0 Å². The minimum Gasteiger partial charge on any atom is -0.493 e. The van der Waals surface area contributed by atoms with E-state index in [0.29, 0.717) is 46.5 Å². The van der Waals surface area contributed by atoms with Crippen LogP contribution in [-0.2, 0) is 16.0 Å². The van der Waals surface area contributed by atoms with E-state index in [1.54, 1.807) is 60.9 Å². The van der Waals surface area contributed by atoms with Gasteiger partial charge in [-0.05, 0) is 47.9 Å². The number of methoxy groups -OCH3 is 6. The van der Waals surface area contributed by atoms with Gasteiger partial charge in [0, 0.05) is 11.5 Å². The molecule has 0 aliphatic carbocycles. The van der Waals surface area contributed by atoms with Gasteiger partial charge in [0.2, 0.25) is 11.5 Å². The summed E-state index contributed by atoms with van der Waals surface area (Å²) in [5.74, 6) is 2.63. The van der Waals surface area contributed by atoms with Crippen LogP contribution < -0.4 is 28.4 Å². The smallest absolute Gasteiger partial charge is 0.334 e. The molecule has 1 aliphatic rings. The standard InChI is InChI=1S/C24H28O8/c1-26-18-9-14(10-19(27-2)22(18)30-5)7-16-13-32-24(25)17(16)8-15-11-20(28-3)23(31-6)21(12-15)29-4/h8-12,16H,7,13H2,1-6H3/t16-/m0/s1. The van der Waals surface area contributed by atoms with Crippen LogP contribution in [0.2, 0.25) is 0 Å². The molecule has 0 amide bonds. The second-order valence-corrected chi connectivity index (χ2v) is 7.09. The highest BCUT2D eigenvalue weighted by Gasteiger charge is 2.31. The van der Waals surface area contributed by atoms with E-state index in [0.717, 1.165) is 11.1 Å². The summed E-state index contributed by atoms with van der Waals surface area (Å²) < 4.78 is 37.8. The van der Waals surface area contributed by atoms with Gasteiger partial charge in [-0.15, -0.1) is 0 Å². The van der Waals surface area contributed by atoms with Gasteiger partial charge in [0.15, 0.2) is 23.0 Å². The summed E-state index contributed by atoms with van der Waals surface area (Å²) in [5.41, 5.74) is 2.23. The Morgan fingerprint density at radius 3 is 1.69 bits per heavy atom. The third-order valence-corrected chi connectivity index (χ3v) is 5.31. The van der Waals surface area contributed by atoms with Crippen molar-refractivity contribution < 1.29 is 38.0 Å². The van der Waals surface area contributed by atoms with E-state index in [-0.39, 0.29) is 18.5 Å². The fourth-order valence-electron chi connectivity index (χ4n) is 3.76. The summed E-state index contributed by atoms with van der Waals surface area (Å²) in [5, 5.41) is 0. The molecule has 2 aromatic rings. The Morgan fingerprint density at radius 2 is 1.25 bits per heavy atom.